The minimum Gasteiger partial charge on any atom is -0.0622 e. The molecule has 1 unspecified atom stereocenters. The zero-order chi connectivity index (χ0) is 29.9. The quantitative estimate of drug-likeness (QED) is 0.194. The highest BCUT2D eigenvalue weighted by atomic mass is 14.5. The molecule has 2 aliphatic carbocycles. The maximum atomic E-state index is 2.55. The van der Waals surface area contributed by atoms with Gasteiger partial charge in [-0.3, -0.25) is 0 Å². The van der Waals surface area contributed by atoms with Gasteiger partial charge in [-0.2, -0.15) is 0 Å². The molecule has 0 bridgehead atoms. The largest absolute Gasteiger partial charge is 0.0714 e. The first kappa shape index (κ1) is 26.9. The minimum absolute atomic E-state index is 0.331. The van der Waals surface area contributed by atoms with Gasteiger partial charge in [-0.05, 0) is 103 Å². The van der Waals surface area contributed by atoms with Gasteiger partial charge in [0, 0.05) is 0 Å². The fraction of sp³-hybridized carbons (Fsp3) is 0.182. The van der Waals surface area contributed by atoms with Crippen LogP contribution in [0.3, 0.4) is 0 Å². The Morgan fingerprint density at radius 3 is 1.55 bits per heavy atom. The van der Waals surface area contributed by atoms with Crippen molar-refractivity contribution in [3.63, 3.8) is 0 Å². The molecule has 0 heteroatoms. The molecule has 0 saturated carbocycles. The van der Waals surface area contributed by atoms with Crippen LogP contribution in [-0.4, -0.2) is 0 Å². The average molecular weight is 567 g/mol. The van der Waals surface area contributed by atoms with E-state index in [2.05, 4.69) is 166 Å². The third-order valence-corrected chi connectivity index (χ3v) is 9.90. The molecular formula is C44H38. The molecule has 0 amide bonds. The van der Waals surface area contributed by atoms with Gasteiger partial charge in [-0.1, -0.05) is 154 Å². The summed E-state index contributed by atoms with van der Waals surface area (Å²) in [6, 6.07) is 54.6. The van der Waals surface area contributed by atoms with Crippen molar-refractivity contribution >= 4 is 0 Å². The van der Waals surface area contributed by atoms with Crippen LogP contribution >= 0.6 is 0 Å². The maximum Gasteiger partial charge on any atom is 0.0714 e. The molecule has 2 aliphatic rings. The highest BCUT2D eigenvalue weighted by Gasteiger charge is 2.47. The molecule has 214 valence electrons. The molecule has 44 heavy (non-hydrogen) atoms. The summed E-state index contributed by atoms with van der Waals surface area (Å²) in [5.74, 6) is 0.657. The number of fused-ring (bicyclic) bond motifs is 4. The second kappa shape index (κ2) is 10.2. The third kappa shape index (κ3) is 4.27. The van der Waals surface area contributed by atoms with Crippen molar-refractivity contribution in [3.8, 4) is 33.4 Å². The second-order valence-electron chi connectivity index (χ2n) is 13.9. The van der Waals surface area contributed by atoms with Gasteiger partial charge in [0.05, 0.1) is 5.41 Å². The summed E-state index contributed by atoms with van der Waals surface area (Å²) in [6.07, 6.45) is 2.40. The molecule has 0 nitrogen and oxygen atoms in total. The van der Waals surface area contributed by atoms with Crippen LogP contribution in [-0.2, 0) is 11.8 Å². The third-order valence-electron chi connectivity index (χ3n) is 9.90. The van der Waals surface area contributed by atoms with Crippen LogP contribution in [0.5, 0.6) is 0 Å². The van der Waals surface area contributed by atoms with E-state index in [1.54, 1.807) is 5.56 Å². The molecule has 1 atom stereocenters. The van der Waals surface area contributed by atoms with Gasteiger partial charge in [0.1, 0.15) is 0 Å². The van der Waals surface area contributed by atoms with Crippen LogP contribution in [0.1, 0.15) is 66.5 Å². The van der Waals surface area contributed by atoms with Crippen molar-refractivity contribution in [2.45, 2.75) is 44.9 Å². The van der Waals surface area contributed by atoms with Gasteiger partial charge < -0.3 is 0 Å². The van der Waals surface area contributed by atoms with E-state index in [0.717, 1.165) is 0 Å². The van der Waals surface area contributed by atoms with E-state index < -0.39 is 5.41 Å². The SMILES string of the molecule is CC(C)(C)CC1Cc2cc(C3(c4ccccc4)c4cc(-c5ccccc5)ccc4-c4ccc(-c5ccccc5)cc43)ccc21. The lowest BCUT2D eigenvalue weighted by atomic mass is 9.64. The number of benzene rings is 6. The van der Waals surface area contributed by atoms with Gasteiger partial charge >= 0.3 is 0 Å². The highest BCUT2D eigenvalue weighted by Crippen LogP contribution is 2.58. The summed E-state index contributed by atoms with van der Waals surface area (Å²) in [7, 11) is 0. The number of hydrogen-bond acceptors (Lipinski definition) is 0. The summed E-state index contributed by atoms with van der Waals surface area (Å²) in [4.78, 5) is 0. The normalized spacial score (nSPS) is 16.0. The molecule has 6 aromatic rings. The van der Waals surface area contributed by atoms with Crippen molar-refractivity contribution in [1.29, 1.82) is 0 Å². The fourth-order valence-corrected chi connectivity index (χ4v) is 8.00. The maximum absolute atomic E-state index is 2.55. The Morgan fingerprint density at radius 1 is 0.523 bits per heavy atom. The van der Waals surface area contributed by atoms with Gasteiger partial charge in [0.25, 0.3) is 0 Å². The predicted octanol–water partition coefficient (Wildman–Crippen LogP) is 11.5. The van der Waals surface area contributed by atoms with Crippen LogP contribution in [0.2, 0.25) is 0 Å². The Bertz CT molecular complexity index is 1890. The number of hydrogen-bond donors (Lipinski definition) is 0. The lowest BCUT2D eigenvalue weighted by molar-refractivity contribution is 0.323. The summed E-state index contributed by atoms with van der Waals surface area (Å²) >= 11 is 0. The Hall–Kier alpha value is -4.68. The second-order valence-corrected chi connectivity index (χ2v) is 13.9. The molecular weight excluding hydrogens is 528 g/mol. The molecule has 0 N–H and O–H groups in total. The zero-order valence-corrected chi connectivity index (χ0v) is 25.8. The Labute approximate surface area is 262 Å². The van der Waals surface area contributed by atoms with Crippen LogP contribution < -0.4 is 0 Å². The van der Waals surface area contributed by atoms with Crippen LogP contribution in [0.15, 0.2) is 146 Å². The molecule has 0 fully saturated rings. The van der Waals surface area contributed by atoms with E-state index in [1.165, 1.54) is 74.0 Å². The van der Waals surface area contributed by atoms with Crippen LogP contribution in [0, 0.1) is 5.41 Å². The van der Waals surface area contributed by atoms with E-state index >= 15 is 0 Å². The van der Waals surface area contributed by atoms with E-state index in [1.807, 2.05) is 0 Å². The molecule has 0 radical (unpaired) electrons. The van der Waals surface area contributed by atoms with E-state index in [9.17, 15) is 0 Å². The molecule has 0 aromatic heterocycles. The van der Waals surface area contributed by atoms with Crippen LogP contribution in [0.25, 0.3) is 33.4 Å². The first-order valence-corrected chi connectivity index (χ1v) is 16.0. The zero-order valence-electron chi connectivity index (χ0n) is 25.8. The molecule has 0 heterocycles. The summed E-state index contributed by atoms with van der Waals surface area (Å²) < 4.78 is 0. The number of rotatable bonds is 5. The first-order valence-electron chi connectivity index (χ1n) is 16.0. The van der Waals surface area contributed by atoms with E-state index in [-0.39, 0.29) is 0 Å². The molecule has 0 saturated heterocycles. The topological polar surface area (TPSA) is 0 Å². The Morgan fingerprint density at radius 2 is 1.05 bits per heavy atom. The Balaban J connectivity index is 1.41. The molecule has 8 rings (SSSR count). The summed E-state index contributed by atoms with van der Waals surface area (Å²) in [5, 5.41) is 0. The smallest absolute Gasteiger partial charge is 0.0622 e. The lowest BCUT2D eigenvalue weighted by Crippen LogP contribution is -2.30. The molecule has 0 spiro atoms. The lowest BCUT2D eigenvalue weighted by Gasteiger charge is -2.39. The Kier molecular flexibility index (Phi) is 6.24. The predicted molar refractivity (Wildman–Crippen MR) is 185 cm³/mol. The summed E-state index contributed by atoms with van der Waals surface area (Å²) in [5.41, 5.74) is 16.1. The van der Waals surface area contributed by atoms with Crippen molar-refractivity contribution in [2.75, 3.05) is 0 Å². The van der Waals surface area contributed by atoms with Gasteiger partial charge in [-0.25, -0.2) is 0 Å². The average Bonchev–Trinajstić information content (AvgIpc) is 3.34. The highest BCUT2D eigenvalue weighted by molar-refractivity contribution is 5.90. The van der Waals surface area contributed by atoms with Gasteiger partial charge in [-0.15, -0.1) is 0 Å². The standard InChI is InChI=1S/C44H38/c1-43(2,3)29-35-25-34-26-37(21-24-38(34)35)44(36-17-11-6-12-18-36)41-27-32(30-13-7-4-8-14-30)19-22-39(41)40-23-20-33(28-42(40)44)31-15-9-5-10-16-31/h4-24,26-28,35H,25,29H2,1-3H3. The van der Waals surface area contributed by atoms with Crippen molar-refractivity contribution in [3.05, 3.63) is 179 Å². The van der Waals surface area contributed by atoms with Crippen LogP contribution in [0.4, 0.5) is 0 Å². The van der Waals surface area contributed by atoms with E-state index in [0.29, 0.717) is 11.3 Å². The fourth-order valence-electron chi connectivity index (χ4n) is 8.00. The van der Waals surface area contributed by atoms with Crippen molar-refractivity contribution in [2.24, 2.45) is 5.41 Å². The molecule has 0 aliphatic heterocycles. The van der Waals surface area contributed by atoms with Gasteiger partial charge in [0.15, 0.2) is 0 Å². The summed E-state index contributed by atoms with van der Waals surface area (Å²) in [6.45, 7) is 7.10. The van der Waals surface area contributed by atoms with Crippen molar-refractivity contribution < 1.29 is 0 Å². The van der Waals surface area contributed by atoms with Crippen molar-refractivity contribution in [1.82, 2.24) is 0 Å². The first-order chi connectivity index (χ1) is 21.4. The molecule has 6 aromatic carbocycles. The minimum atomic E-state index is -0.425. The van der Waals surface area contributed by atoms with Gasteiger partial charge in [0.2, 0.25) is 0 Å². The van der Waals surface area contributed by atoms with E-state index in [4.69, 9.17) is 0 Å². The monoisotopic (exact) mass is 566 g/mol.